The zero-order valence-electron chi connectivity index (χ0n) is 12.7. The first-order valence-electron chi connectivity index (χ1n) is 7.79. The number of aromatic nitrogens is 2. The highest BCUT2D eigenvalue weighted by Gasteiger charge is 2.21. The number of hydrogen-bond acceptors (Lipinski definition) is 5. The Balaban J connectivity index is 1.90. The molecule has 0 atom stereocenters. The van der Waals surface area contributed by atoms with Gasteiger partial charge in [-0.2, -0.15) is 4.98 Å². The topological polar surface area (TPSA) is 44.3 Å². The molecule has 0 unspecified atom stereocenters. The molecule has 1 N–H and O–H groups in total. The van der Waals surface area contributed by atoms with E-state index in [9.17, 15) is 0 Å². The second kappa shape index (κ2) is 5.95. The van der Waals surface area contributed by atoms with Gasteiger partial charge in [0.25, 0.3) is 0 Å². The van der Waals surface area contributed by atoms with Crippen LogP contribution in [0.3, 0.4) is 0 Å². The highest BCUT2D eigenvalue weighted by Crippen LogP contribution is 2.27. The summed E-state index contributed by atoms with van der Waals surface area (Å²) in [6.07, 6.45) is 6.05. The molecule has 0 aromatic carbocycles. The van der Waals surface area contributed by atoms with Crippen LogP contribution in [0, 0.1) is 0 Å². The van der Waals surface area contributed by atoms with Crippen LogP contribution in [-0.4, -0.2) is 55.1 Å². The predicted octanol–water partition coefficient (Wildman–Crippen LogP) is 1.54. The number of nitrogens with zero attached hydrogens (tertiary/aromatic N) is 4. The summed E-state index contributed by atoms with van der Waals surface area (Å²) in [6, 6.07) is 0. The van der Waals surface area contributed by atoms with Crippen molar-refractivity contribution in [3.63, 3.8) is 0 Å². The van der Waals surface area contributed by atoms with Gasteiger partial charge in [0, 0.05) is 38.8 Å². The monoisotopic (exact) mass is 275 g/mol. The average molecular weight is 275 g/mol. The molecule has 1 aromatic rings. The highest BCUT2D eigenvalue weighted by atomic mass is 15.3. The zero-order valence-corrected chi connectivity index (χ0v) is 12.7. The second-order valence-corrected chi connectivity index (χ2v) is 5.90. The molecule has 3 rings (SSSR count). The third-order valence-corrected chi connectivity index (χ3v) is 4.44. The summed E-state index contributed by atoms with van der Waals surface area (Å²) in [6.45, 7) is 4.24. The van der Waals surface area contributed by atoms with Crippen molar-refractivity contribution in [3.8, 4) is 0 Å². The van der Waals surface area contributed by atoms with Crippen molar-refractivity contribution in [2.24, 2.45) is 0 Å². The standard InChI is InChI=1S/C15H25N5/c1-16-14-12-6-4-3-5-7-13(12)17-15(18-14)20-10-8-19(2)9-11-20/h3-11H2,1-2H3,(H,16,17,18). The fourth-order valence-electron chi connectivity index (χ4n) is 3.11. The maximum absolute atomic E-state index is 4.89. The van der Waals surface area contributed by atoms with E-state index in [0.29, 0.717) is 0 Å². The Morgan fingerprint density at radius 2 is 1.70 bits per heavy atom. The molecular formula is C15H25N5. The first-order valence-corrected chi connectivity index (χ1v) is 7.79. The van der Waals surface area contributed by atoms with E-state index in [1.165, 1.54) is 30.5 Å². The molecule has 5 nitrogen and oxygen atoms in total. The lowest BCUT2D eigenvalue weighted by Gasteiger charge is -2.33. The van der Waals surface area contributed by atoms with Crippen molar-refractivity contribution in [1.29, 1.82) is 0 Å². The van der Waals surface area contributed by atoms with Crippen LogP contribution in [-0.2, 0) is 12.8 Å². The molecule has 1 aromatic heterocycles. The van der Waals surface area contributed by atoms with Crippen LogP contribution >= 0.6 is 0 Å². The van der Waals surface area contributed by atoms with Crippen LogP contribution in [0.4, 0.5) is 11.8 Å². The van der Waals surface area contributed by atoms with Gasteiger partial charge in [-0.1, -0.05) is 6.42 Å². The van der Waals surface area contributed by atoms with Gasteiger partial charge < -0.3 is 15.1 Å². The van der Waals surface area contributed by atoms with Gasteiger partial charge in [-0.3, -0.25) is 0 Å². The third kappa shape index (κ3) is 2.73. The molecule has 1 fully saturated rings. The Morgan fingerprint density at radius 1 is 0.950 bits per heavy atom. The molecule has 0 spiro atoms. The molecule has 5 heteroatoms. The first kappa shape index (κ1) is 13.6. The molecular weight excluding hydrogens is 250 g/mol. The van der Waals surface area contributed by atoms with Crippen molar-refractivity contribution in [3.05, 3.63) is 11.3 Å². The summed E-state index contributed by atoms with van der Waals surface area (Å²) in [4.78, 5) is 14.4. The Bertz CT molecular complexity index is 466. The molecule has 1 saturated heterocycles. The van der Waals surface area contributed by atoms with E-state index in [4.69, 9.17) is 9.97 Å². The van der Waals surface area contributed by atoms with Crippen molar-refractivity contribution < 1.29 is 0 Å². The fourth-order valence-corrected chi connectivity index (χ4v) is 3.11. The molecule has 0 radical (unpaired) electrons. The normalized spacial score (nSPS) is 20.4. The molecule has 2 aliphatic rings. The zero-order chi connectivity index (χ0) is 13.9. The third-order valence-electron chi connectivity index (χ3n) is 4.44. The SMILES string of the molecule is CNc1nc(N2CCN(C)CC2)nc2c1CCCCC2. The van der Waals surface area contributed by atoms with Gasteiger partial charge in [0.05, 0.1) is 5.69 Å². The van der Waals surface area contributed by atoms with Crippen LogP contribution in [0.1, 0.15) is 30.5 Å². The summed E-state index contributed by atoms with van der Waals surface area (Å²) in [5, 5.41) is 3.28. The van der Waals surface area contributed by atoms with E-state index in [0.717, 1.165) is 50.8 Å². The van der Waals surface area contributed by atoms with Gasteiger partial charge in [-0.15, -0.1) is 0 Å². The number of fused-ring (bicyclic) bond motifs is 1. The number of piperazine rings is 1. The van der Waals surface area contributed by atoms with E-state index in [1.807, 2.05) is 7.05 Å². The Hall–Kier alpha value is -1.36. The summed E-state index contributed by atoms with van der Waals surface area (Å²) < 4.78 is 0. The Kier molecular flexibility index (Phi) is 4.05. The lowest BCUT2D eigenvalue weighted by molar-refractivity contribution is 0.311. The van der Waals surface area contributed by atoms with Crippen LogP contribution in [0.25, 0.3) is 0 Å². The van der Waals surface area contributed by atoms with Gasteiger partial charge in [0.2, 0.25) is 5.95 Å². The van der Waals surface area contributed by atoms with Gasteiger partial charge in [0.1, 0.15) is 5.82 Å². The van der Waals surface area contributed by atoms with Crippen LogP contribution in [0.5, 0.6) is 0 Å². The summed E-state index contributed by atoms with van der Waals surface area (Å²) >= 11 is 0. The van der Waals surface area contributed by atoms with E-state index in [-0.39, 0.29) is 0 Å². The number of nitrogens with one attached hydrogen (secondary N) is 1. The van der Waals surface area contributed by atoms with E-state index in [1.54, 1.807) is 0 Å². The minimum atomic E-state index is 0.920. The summed E-state index contributed by atoms with van der Waals surface area (Å²) in [5.74, 6) is 1.97. The lowest BCUT2D eigenvalue weighted by atomic mass is 10.1. The van der Waals surface area contributed by atoms with E-state index in [2.05, 4.69) is 22.2 Å². The van der Waals surface area contributed by atoms with Gasteiger partial charge in [0.15, 0.2) is 0 Å². The second-order valence-electron chi connectivity index (χ2n) is 5.90. The first-order chi connectivity index (χ1) is 9.78. The van der Waals surface area contributed by atoms with Crippen molar-refractivity contribution >= 4 is 11.8 Å². The molecule has 2 heterocycles. The fraction of sp³-hybridized carbons (Fsp3) is 0.733. The molecule has 0 bridgehead atoms. The van der Waals surface area contributed by atoms with E-state index < -0.39 is 0 Å². The number of aryl methyl sites for hydroxylation is 1. The van der Waals surface area contributed by atoms with Crippen molar-refractivity contribution in [1.82, 2.24) is 14.9 Å². The maximum atomic E-state index is 4.89. The summed E-state index contributed by atoms with van der Waals surface area (Å²) in [7, 11) is 4.15. The summed E-state index contributed by atoms with van der Waals surface area (Å²) in [5.41, 5.74) is 2.62. The maximum Gasteiger partial charge on any atom is 0.227 e. The average Bonchev–Trinajstić information content (AvgIpc) is 2.72. The van der Waals surface area contributed by atoms with Crippen LogP contribution in [0.2, 0.25) is 0 Å². The van der Waals surface area contributed by atoms with Crippen molar-refractivity contribution in [2.45, 2.75) is 32.1 Å². The molecule has 0 amide bonds. The van der Waals surface area contributed by atoms with Crippen LogP contribution < -0.4 is 10.2 Å². The van der Waals surface area contributed by atoms with Gasteiger partial charge in [-0.05, 0) is 32.7 Å². The molecule has 1 aliphatic carbocycles. The number of likely N-dealkylation sites (N-methyl/N-ethyl adjacent to an activating group) is 1. The highest BCUT2D eigenvalue weighted by molar-refractivity contribution is 5.51. The minimum Gasteiger partial charge on any atom is -0.373 e. The molecule has 0 saturated carbocycles. The molecule has 20 heavy (non-hydrogen) atoms. The smallest absolute Gasteiger partial charge is 0.227 e. The molecule has 110 valence electrons. The quantitative estimate of drug-likeness (QED) is 0.830. The predicted molar refractivity (Wildman–Crippen MR) is 82.5 cm³/mol. The Morgan fingerprint density at radius 3 is 2.45 bits per heavy atom. The minimum absolute atomic E-state index is 0.920. The van der Waals surface area contributed by atoms with Gasteiger partial charge in [-0.25, -0.2) is 4.98 Å². The van der Waals surface area contributed by atoms with Gasteiger partial charge >= 0.3 is 0 Å². The lowest BCUT2D eigenvalue weighted by Crippen LogP contribution is -2.45. The van der Waals surface area contributed by atoms with E-state index >= 15 is 0 Å². The van der Waals surface area contributed by atoms with Crippen LogP contribution in [0.15, 0.2) is 0 Å². The van der Waals surface area contributed by atoms with Crippen molar-refractivity contribution in [2.75, 3.05) is 50.5 Å². The molecule has 1 aliphatic heterocycles. The number of anilines is 2. The Labute approximate surface area is 121 Å². The number of hydrogen-bond donors (Lipinski definition) is 1. The largest absolute Gasteiger partial charge is 0.373 e. The number of rotatable bonds is 2.